The average molecular weight is 149 g/mol. The first-order valence-electron chi connectivity index (χ1n) is 2.89. The van der Waals surface area contributed by atoms with Gasteiger partial charge in [0.1, 0.15) is 0 Å². The van der Waals surface area contributed by atoms with Crippen molar-refractivity contribution in [2.75, 3.05) is 6.26 Å². The lowest BCUT2D eigenvalue weighted by Crippen LogP contribution is -1.67. The Balaban J connectivity index is 3.12. The van der Waals surface area contributed by atoms with Crippen molar-refractivity contribution in [2.45, 2.75) is 4.90 Å². The Morgan fingerprint density at radius 1 is 1.40 bits per heavy atom. The zero-order valence-corrected chi connectivity index (χ0v) is 6.48. The predicted molar refractivity (Wildman–Crippen MR) is 44.5 cm³/mol. The van der Waals surface area contributed by atoms with E-state index in [0.717, 1.165) is 10.6 Å². The van der Waals surface area contributed by atoms with E-state index >= 15 is 0 Å². The molecule has 0 heterocycles. The van der Waals surface area contributed by atoms with Gasteiger partial charge >= 0.3 is 0 Å². The number of hydrogen-bond donors (Lipinski definition) is 0. The number of thioether (sulfide) groups is 1. The highest BCUT2D eigenvalue weighted by Gasteiger charge is 1.95. The van der Waals surface area contributed by atoms with Crippen LogP contribution in [0.2, 0.25) is 0 Å². The molecule has 10 heavy (non-hydrogen) atoms. The Morgan fingerprint density at radius 2 is 2.10 bits per heavy atom. The summed E-state index contributed by atoms with van der Waals surface area (Å²) in [7, 11) is 0. The zero-order valence-electron chi connectivity index (χ0n) is 5.66. The number of hydrogen-bond acceptors (Lipinski definition) is 1. The van der Waals surface area contributed by atoms with Gasteiger partial charge in [-0.3, -0.25) is 0 Å². The van der Waals surface area contributed by atoms with E-state index < -0.39 is 0 Å². The average Bonchev–Trinajstić information content (AvgIpc) is 2.04. The molecular formula is C8H7NS. The van der Waals surface area contributed by atoms with Crippen LogP contribution in [0.1, 0.15) is 0 Å². The molecule has 0 amide bonds. The minimum atomic E-state index is 0.745. The van der Waals surface area contributed by atoms with Gasteiger partial charge in [0.05, 0.1) is 6.57 Å². The Morgan fingerprint density at radius 3 is 2.60 bits per heavy atom. The molecule has 0 aliphatic rings. The molecule has 1 aromatic carbocycles. The van der Waals surface area contributed by atoms with Gasteiger partial charge in [-0.25, -0.2) is 4.85 Å². The van der Waals surface area contributed by atoms with Gasteiger partial charge in [-0.2, -0.15) is 0 Å². The fourth-order valence-electron chi connectivity index (χ4n) is 0.722. The third kappa shape index (κ3) is 1.31. The molecule has 0 saturated carbocycles. The third-order valence-corrected chi connectivity index (χ3v) is 1.99. The van der Waals surface area contributed by atoms with Gasteiger partial charge < -0.3 is 0 Å². The van der Waals surface area contributed by atoms with Crippen LogP contribution in [0.15, 0.2) is 29.2 Å². The van der Waals surface area contributed by atoms with E-state index in [0.29, 0.717) is 0 Å². The molecule has 0 bridgehead atoms. The SMILES string of the molecule is [C-]#[N+]c1ccccc1SC. The molecule has 1 rings (SSSR count). The normalized spacial score (nSPS) is 8.80. The van der Waals surface area contributed by atoms with Crippen molar-refractivity contribution in [1.29, 1.82) is 0 Å². The highest BCUT2D eigenvalue weighted by Crippen LogP contribution is 2.26. The van der Waals surface area contributed by atoms with Crippen molar-refractivity contribution < 1.29 is 0 Å². The molecule has 0 spiro atoms. The molecule has 0 unspecified atom stereocenters. The van der Waals surface area contributed by atoms with Crippen molar-refractivity contribution in [3.63, 3.8) is 0 Å². The molecule has 0 aliphatic heterocycles. The summed E-state index contributed by atoms with van der Waals surface area (Å²) in [6.45, 7) is 6.80. The van der Waals surface area contributed by atoms with Gasteiger partial charge in [-0.15, -0.1) is 11.8 Å². The Bertz CT molecular complexity index is 262. The Labute approximate surface area is 64.9 Å². The summed E-state index contributed by atoms with van der Waals surface area (Å²) in [5.41, 5.74) is 0.745. The lowest BCUT2D eigenvalue weighted by Gasteiger charge is -1.95. The molecule has 0 N–H and O–H groups in total. The maximum atomic E-state index is 6.80. The first kappa shape index (κ1) is 7.17. The second-order valence-electron chi connectivity index (χ2n) is 1.78. The maximum absolute atomic E-state index is 6.80. The fraction of sp³-hybridized carbons (Fsp3) is 0.125. The van der Waals surface area contributed by atoms with E-state index in [-0.39, 0.29) is 0 Å². The molecule has 0 aromatic heterocycles. The molecule has 0 saturated heterocycles. The van der Waals surface area contributed by atoms with Gasteiger partial charge in [0, 0.05) is 4.90 Å². The summed E-state index contributed by atoms with van der Waals surface area (Å²) in [6.07, 6.45) is 1.98. The summed E-state index contributed by atoms with van der Waals surface area (Å²) < 4.78 is 0. The van der Waals surface area contributed by atoms with E-state index in [1.807, 2.05) is 30.5 Å². The third-order valence-electron chi connectivity index (χ3n) is 1.21. The number of nitrogens with zero attached hydrogens (tertiary/aromatic N) is 1. The first-order valence-corrected chi connectivity index (χ1v) is 4.11. The van der Waals surface area contributed by atoms with Crippen LogP contribution in [0.5, 0.6) is 0 Å². The van der Waals surface area contributed by atoms with Crippen LogP contribution in [-0.2, 0) is 0 Å². The van der Waals surface area contributed by atoms with Gasteiger partial charge in [0.25, 0.3) is 0 Å². The van der Waals surface area contributed by atoms with Crippen molar-refractivity contribution in [1.82, 2.24) is 0 Å². The highest BCUT2D eigenvalue weighted by atomic mass is 32.2. The molecule has 0 radical (unpaired) electrons. The number of rotatable bonds is 1. The van der Waals surface area contributed by atoms with Crippen LogP contribution in [0.4, 0.5) is 5.69 Å². The second kappa shape index (κ2) is 3.28. The molecule has 0 fully saturated rings. The molecule has 0 aliphatic carbocycles. The van der Waals surface area contributed by atoms with E-state index in [9.17, 15) is 0 Å². The Kier molecular flexibility index (Phi) is 2.35. The van der Waals surface area contributed by atoms with Gasteiger partial charge in [-0.1, -0.05) is 24.3 Å². The largest absolute Gasteiger partial charge is 0.237 e. The lowest BCUT2D eigenvalue weighted by atomic mass is 10.3. The summed E-state index contributed by atoms with van der Waals surface area (Å²) in [5, 5.41) is 0. The van der Waals surface area contributed by atoms with Crippen LogP contribution < -0.4 is 0 Å². The van der Waals surface area contributed by atoms with Gasteiger partial charge in [0.2, 0.25) is 0 Å². The maximum Gasteiger partial charge on any atom is 0.200 e. The van der Waals surface area contributed by atoms with Crippen molar-refractivity contribution in [3.8, 4) is 0 Å². The number of para-hydroxylation sites is 1. The topological polar surface area (TPSA) is 4.36 Å². The highest BCUT2D eigenvalue weighted by molar-refractivity contribution is 7.98. The van der Waals surface area contributed by atoms with Gasteiger partial charge in [-0.05, 0) is 6.26 Å². The number of benzene rings is 1. The van der Waals surface area contributed by atoms with Crippen LogP contribution >= 0.6 is 11.8 Å². The van der Waals surface area contributed by atoms with Crippen LogP contribution in [0, 0.1) is 6.57 Å². The monoisotopic (exact) mass is 149 g/mol. The predicted octanol–water partition coefficient (Wildman–Crippen LogP) is 2.96. The summed E-state index contributed by atoms with van der Waals surface area (Å²) in [6, 6.07) is 7.62. The first-order chi connectivity index (χ1) is 4.88. The summed E-state index contributed by atoms with van der Waals surface area (Å²) >= 11 is 1.61. The zero-order chi connectivity index (χ0) is 7.40. The van der Waals surface area contributed by atoms with E-state index in [1.165, 1.54) is 0 Å². The standard InChI is InChI=1S/C8H7NS/c1-9-7-5-3-4-6-8(7)10-2/h3-6H,2H3. The van der Waals surface area contributed by atoms with E-state index in [1.54, 1.807) is 11.8 Å². The molecule has 1 aromatic rings. The minimum Gasteiger partial charge on any atom is -0.237 e. The van der Waals surface area contributed by atoms with Crippen molar-refractivity contribution in [3.05, 3.63) is 35.7 Å². The Hall–Kier alpha value is -0.940. The quantitative estimate of drug-likeness (QED) is 0.438. The minimum absolute atomic E-state index is 0.745. The summed E-state index contributed by atoms with van der Waals surface area (Å²) in [5.74, 6) is 0. The molecule has 2 heteroatoms. The summed E-state index contributed by atoms with van der Waals surface area (Å²) in [4.78, 5) is 4.42. The van der Waals surface area contributed by atoms with Crippen LogP contribution in [-0.4, -0.2) is 6.26 Å². The fourth-order valence-corrected chi connectivity index (χ4v) is 1.26. The molecule has 50 valence electrons. The van der Waals surface area contributed by atoms with E-state index in [4.69, 9.17) is 6.57 Å². The van der Waals surface area contributed by atoms with Crippen molar-refractivity contribution >= 4 is 17.4 Å². The lowest BCUT2D eigenvalue weighted by molar-refractivity contribution is 1.49. The molecular weight excluding hydrogens is 142 g/mol. The second-order valence-corrected chi connectivity index (χ2v) is 2.63. The van der Waals surface area contributed by atoms with Crippen molar-refractivity contribution in [2.24, 2.45) is 0 Å². The smallest absolute Gasteiger partial charge is 0.200 e. The molecule has 1 nitrogen and oxygen atoms in total. The van der Waals surface area contributed by atoms with Crippen LogP contribution in [0.25, 0.3) is 4.85 Å². The molecule has 0 atom stereocenters. The van der Waals surface area contributed by atoms with Crippen LogP contribution in [0.3, 0.4) is 0 Å². The van der Waals surface area contributed by atoms with E-state index in [2.05, 4.69) is 4.85 Å². The van der Waals surface area contributed by atoms with Gasteiger partial charge in [0.15, 0.2) is 5.69 Å².